The smallest absolute Gasteiger partial charge is 0.319 e. The largest absolute Gasteiger partial charge is 0.464 e. The Morgan fingerprint density at radius 2 is 1.91 bits per heavy atom. The number of oxazole rings is 1. The van der Waals surface area contributed by atoms with Gasteiger partial charge in [-0.15, -0.1) is 0 Å². The molecule has 1 aromatic carbocycles. The molecule has 0 radical (unpaired) electrons. The molecule has 0 saturated carbocycles. The van der Waals surface area contributed by atoms with Crippen molar-refractivity contribution in [2.24, 2.45) is 0 Å². The van der Waals surface area contributed by atoms with E-state index in [0.717, 1.165) is 18.7 Å². The maximum Gasteiger partial charge on any atom is 0.319 e. The first-order valence-electron chi connectivity index (χ1n) is 7.86. The average molecular weight is 315 g/mol. The quantitative estimate of drug-likeness (QED) is 0.865. The summed E-state index contributed by atoms with van der Waals surface area (Å²) in [6, 6.07) is 9.52. The number of aromatic nitrogens is 1. The Balaban J connectivity index is 1.88. The van der Waals surface area contributed by atoms with Crippen LogP contribution >= 0.6 is 0 Å². The minimum absolute atomic E-state index is 0.132. The van der Waals surface area contributed by atoms with Crippen LogP contribution in [0.15, 0.2) is 34.7 Å². The van der Waals surface area contributed by atoms with E-state index in [2.05, 4.69) is 16.9 Å². The number of hydrogen-bond donors (Lipinski definition) is 0. The van der Waals surface area contributed by atoms with Crippen molar-refractivity contribution in [2.45, 2.75) is 6.92 Å². The number of amides is 1. The lowest BCUT2D eigenvalue weighted by molar-refractivity contribution is 0.0652. The predicted octanol–water partition coefficient (Wildman–Crippen LogP) is 2.13. The minimum Gasteiger partial charge on any atom is -0.464 e. The maximum absolute atomic E-state index is 12.8. The van der Waals surface area contributed by atoms with Crippen molar-refractivity contribution in [1.82, 2.24) is 14.8 Å². The summed E-state index contributed by atoms with van der Waals surface area (Å²) >= 11 is 0. The van der Waals surface area contributed by atoms with Crippen molar-refractivity contribution >= 4 is 5.91 Å². The number of piperazine rings is 1. The lowest BCUT2D eigenvalue weighted by Crippen LogP contribution is -2.47. The molecule has 6 nitrogen and oxygen atoms in total. The van der Waals surface area contributed by atoms with Crippen molar-refractivity contribution in [3.8, 4) is 17.4 Å². The number of carbonyl (C=O) groups is 1. The Morgan fingerprint density at radius 3 is 2.57 bits per heavy atom. The first kappa shape index (κ1) is 15.6. The van der Waals surface area contributed by atoms with E-state index in [-0.39, 0.29) is 17.5 Å². The lowest BCUT2D eigenvalue weighted by Gasteiger charge is -2.31. The molecule has 6 heteroatoms. The van der Waals surface area contributed by atoms with Crippen LogP contribution in [0.1, 0.15) is 17.4 Å². The Bertz CT molecular complexity index is 661. The molecule has 1 saturated heterocycles. The highest BCUT2D eigenvalue weighted by molar-refractivity contribution is 5.95. The fraction of sp³-hybridized carbons (Fsp3) is 0.412. The second-order valence-electron chi connectivity index (χ2n) is 5.55. The van der Waals surface area contributed by atoms with E-state index in [4.69, 9.17) is 9.15 Å². The molecule has 2 heterocycles. The molecule has 1 aliphatic heterocycles. The summed E-state index contributed by atoms with van der Waals surface area (Å²) in [7, 11) is 2.05. The van der Waals surface area contributed by atoms with Crippen LogP contribution in [0.3, 0.4) is 0 Å². The molecule has 0 atom stereocenters. The zero-order valence-electron chi connectivity index (χ0n) is 13.5. The van der Waals surface area contributed by atoms with Gasteiger partial charge in [-0.1, -0.05) is 18.2 Å². The molecule has 0 bridgehead atoms. The van der Waals surface area contributed by atoms with Crippen LogP contribution in [-0.2, 0) is 0 Å². The Morgan fingerprint density at radius 1 is 1.22 bits per heavy atom. The second kappa shape index (κ2) is 6.83. The molecule has 23 heavy (non-hydrogen) atoms. The van der Waals surface area contributed by atoms with Gasteiger partial charge in [0.1, 0.15) is 0 Å². The molecule has 0 spiro atoms. The van der Waals surface area contributed by atoms with Gasteiger partial charge in [0.25, 0.3) is 5.91 Å². The maximum atomic E-state index is 12.8. The molecule has 1 aliphatic rings. The Labute approximate surface area is 135 Å². The third kappa shape index (κ3) is 3.37. The van der Waals surface area contributed by atoms with Crippen molar-refractivity contribution in [1.29, 1.82) is 0 Å². The van der Waals surface area contributed by atoms with Crippen molar-refractivity contribution in [3.05, 3.63) is 36.0 Å². The second-order valence-corrected chi connectivity index (χ2v) is 5.55. The molecule has 0 aliphatic carbocycles. The normalized spacial score (nSPS) is 15.7. The first-order chi connectivity index (χ1) is 11.2. The van der Waals surface area contributed by atoms with E-state index in [1.165, 1.54) is 0 Å². The Hall–Kier alpha value is -2.34. The SMILES string of the molecule is CCOc1oc(-c2ccccc2)nc1C(=O)N1CCN(C)CC1. The van der Waals surface area contributed by atoms with Gasteiger partial charge in [0.2, 0.25) is 11.6 Å². The van der Waals surface area contributed by atoms with E-state index in [1.807, 2.05) is 37.3 Å². The van der Waals surface area contributed by atoms with Crippen molar-refractivity contribution < 1.29 is 13.9 Å². The molecule has 3 rings (SSSR count). The zero-order chi connectivity index (χ0) is 16.2. The number of benzene rings is 1. The van der Waals surface area contributed by atoms with Gasteiger partial charge < -0.3 is 19.0 Å². The van der Waals surface area contributed by atoms with Gasteiger partial charge in [-0.3, -0.25) is 4.79 Å². The average Bonchev–Trinajstić information content (AvgIpc) is 3.00. The monoisotopic (exact) mass is 315 g/mol. The number of nitrogens with zero attached hydrogens (tertiary/aromatic N) is 3. The van der Waals surface area contributed by atoms with Gasteiger partial charge in [0.05, 0.1) is 6.61 Å². The summed E-state index contributed by atoms with van der Waals surface area (Å²) in [5.74, 6) is 0.481. The van der Waals surface area contributed by atoms with Gasteiger partial charge in [-0.2, -0.15) is 4.98 Å². The molecule has 0 N–H and O–H groups in total. The summed E-state index contributed by atoms with van der Waals surface area (Å²) in [4.78, 5) is 21.1. The Kier molecular flexibility index (Phi) is 4.62. The molecule has 1 aromatic heterocycles. The van der Waals surface area contributed by atoms with Gasteiger partial charge >= 0.3 is 5.95 Å². The third-order valence-electron chi connectivity index (χ3n) is 3.89. The van der Waals surface area contributed by atoms with Crippen LogP contribution in [0.25, 0.3) is 11.5 Å². The van der Waals surface area contributed by atoms with Gasteiger partial charge in [-0.25, -0.2) is 0 Å². The standard InChI is InChI=1S/C17H21N3O3/c1-3-22-17-14(16(21)20-11-9-19(2)10-12-20)18-15(23-17)13-7-5-4-6-8-13/h4-8H,3,9-12H2,1-2H3. The fourth-order valence-corrected chi connectivity index (χ4v) is 2.53. The minimum atomic E-state index is -0.132. The first-order valence-corrected chi connectivity index (χ1v) is 7.86. The molecule has 1 amide bonds. The van der Waals surface area contributed by atoms with E-state index in [9.17, 15) is 4.79 Å². The van der Waals surface area contributed by atoms with Crippen LogP contribution in [0.2, 0.25) is 0 Å². The summed E-state index contributed by atoms with van der Waals surface area (Å²) in [6.07, 6.45) is 0. The van der Waals surface area contributed by atoms with Gasteiger partial charge in [-0.05, 0) is 26.1 Å². The molecule has 122 valence electrons. The van der Waals surface area contributed by atoms with Crippen LogP contribution in [0.4, 0.5) is 0 Å². The van der Waals surface area contributed by atoms with Crippen LogP contribution in [-0.4, -0.2) is 60.5 Å². The zero-order valence-corrected chi connectivity index (χ0v) is 13.5. The number of likely N-dealkylation sites (N-methyl/N-ethyl adjacent to an activating group) is 1. The van der Waals surface area contributed by atoms with Crippen LogP contribution < -0.4 is 4.74 Å². The summed E-state index contributed by atoms with van der Waals surface area (Å²) in [5, 5.41) is 0. The highest BCUT2D eigenvalue weighted by Crippen LogP contribution is 2.28. The van der Waals surface area contributed by atoms with E-state index in [0.29, 0.717) is 25.6 Å². The van der Waals surface area contributed by atoms with Crippen LogP contribution in [0.5, 0.6) is 5.95 Å². The van der Waals surface area contributed by atoms with Gasteiger partial charge in [0, 0.05) is 31.7 Å². The van der Waals surface area contributed by atoms with Crippen molar-refractivity contribution in [3.63, 3.8) is 0 Å². The fourth-order valence-electron chi connectivity index (χ4n) is 2.53. The molecular formula is C17H21N3O3. The topological polar surface area (TPSA) is 58.8 Å². The van der Waals surface area contributed by atoms with Crippen LogP contribution in [0, 0.1) is 0 Å². The predicted molar refractivity (Wildman–Crippen MR) is 86.5 cm³/mol. The van der Waals surface area contributed by atoms with E-state index < -0.39 is 0 Å². The summed E-state index contributed by atoms with van der Waals surface area (Å²) < 4.78 is 11.2. The highest BCUT2D eigenvalue weighted by Gasteiger charge is 2.28. The van der Waals surface area contributed by atoms with Gasteiger partial charge in [0.15, 0.2) is 0 Å². The summed E-state index contributed by atoms with van der Waals surface area (Å²) in [5.41, 5.74) is 1.08. The summed E-state index contributed by atoms with van der Waals surface area (Å²) in [6.45, 7) is 5.38. The lowest BCUT2D eigenvalue weighted by atomic mass is 10.2. The number of carbonyl (C=O) groups excluding carboxylic acids is 1. The molecule has 2 aromatic rings. The number of rotatable bonds is 4. The van der Waals surface area contributed by atoms with E-state index in [1.54, 1.807) is 4.90 Å². The van der Waals surface area contributed by atoms with E-state index >= 15 is 0 Å². The third-order valence-corrected chi connectivity index (χ3v) is 3.89. The molecule has 0 unspecified atom stereocenters. The highest BCUT2D eigenvalue weighted by atomic mass is 16.6. The molecule has 1 fully saturated rings. The number of ether oxygens (including phenoxy) is 1. The van der Waals surface area contributed by atoms with Crippen molar-refractivity contribution in [2.75, 3.05) is 39.8 Å². The number of hydrogen-bond acceptors (Lipinski definition) is 5. The molecular weight excluding hydrogens is 294 g/mol.